The number of likely N-dealkylation sites (N-methyl/N-ethyl adjacent to an activating group) is 1. The fraction of sp³-hybridized carbons (Fsp3) is 0.450. The molecular formula is C20H28N6O2+2. The standard InChI is InChI=1S/C20H26N6O2/c1-23-11-13-25(14-12-23)19-21-17-16(18(27)22-20(28)24(17)2)26(19)10-6-9-15-7-4-3-5-8-15/h3-5,7-8H,6,9-14H2,1-2H3,(H,22,27,28)/p+2. The van der Waals surface area contributed by atoms with Crippen molar-refractivity contribution in [1.82, 2.24) is 14.5 Å². The molecule has 0 saturated carbocycles. The zero-order valence-corrected chi connectivity index (χ0v) is 16.5. The van der Waals surface area contributed by atoms with Crippen molar-refractivity contribution in [1.29, 1.82) is 0 Å². The first-order valence-corrected chi connectivity index (χ1v) is 9.89. The molecular weight excluding hydrogens is 356 g/mol. The Kier molecular flexibility index (Phi) is 5.04. The van der Waals surface area contributed by atoms with E-state index in [1.165, 1.54) is 15.0 Å². The molecule has 8 nitrogen and oxygen atoms in total. The number of nitrogens with one attached hydrogen (secondary N) is 3. The summed E-state index contributed by atoms with van der Waals surface area (Å²) in [7, 11) is 3.88. The SMILES string of the molecule is Cn1c(=O)[nH]c(=O)c2c1[nH]c(N1CC[NH+](C)CC1)[n+]2CCCc1ccccc1. The number of nitrogens with zero attached hydrogens (tertiary/aromatic N) is 3. The molecule has 3 heterocycles. The summed E-state index contributed by atoms with van der Waals surface area (Å²) < 4.78 is 3.53. The lowest BCUT2D eigenvalue weighted by Crippen LogP contribution is -3.12. The largest absolute Gasteiger partial charge is 0.360 e. The van der Waals surface area contributed by atoms with Gasteiger partial charge in [-0.2, -0.15) is 0 Å². The Morgan fingerprint density at radius 1 is 1.11 bits per heavy atom. The summed E-state index contributed by atoms with van der Waals surface area (Å²) >= 11 is 0. The van der Waals surface area contributed by atoms with Crippen molar-refractivity contribution in [3.05, 3.63) is 56.7 Å². The highest BCUT2D eigenvalue weighted by Crippen LogP contribution is 2.13. The van der Waals surface area contributed by atoms with Crippen LogP contribution in [-0.2, 0) is 20.0 Å². The average Bonchev–Trinajstić information content (AvgIpc) is 3.08. The van der Waals surface area contributed by atoms with E-state index in [1.807, 2.05) is 18.2 Å². The van der Waals surface area contributed by atoms with Crippen LogP contribution in [-0.4, -0.2) is 47.8 Å². The van der Waals surface area contributed by atoms with E-state index >= 15 is 0 Å². The van der Waals surface area contributed by atoms with Crippen LogP contribution in [0.2, 0.25) is 0 Å². The summed E-state index contributed by atoms with van der Waals surface area (Å²) in [6, 6.07) is 10.4. The molecule has 1 saturated heterocycles. The first-order chi connectivity index (χ1) is 13.5. The fourth-order valence-corrected chi connectivity index (χ4v) is 3.93. The van der Waals surface area contributed by atoms with E-state index in [-0.39, 0.29) is 5.56 Å². The van der Waals surface area contributed by atoms with Gasteiger partial charge in [-0.05, 0) is 18.4 Å². The molecule has 0 unspecified atom stereocenters. The van der Waals surface area contributed by atoms with Gasteiger partial charge in [0.05, 0.1) is 13.6 Å². The lowest BCUT2D eigenvalue weighted by molar-refractivity contribution is -0.880. The van der Waals surface area contributed by atoms with Gasteiger partial charge in [-0.25, -0.2) is 14.3 Å². The van der Waals surface area contributed by atoms with Gasteiger partial charge in [0.15, 0.2) is 0 Å². The highest BCUT2D eigenvalue weighted by Gasteiger charge is 2.30. The van der Waals surface area contributed by atoms with Crippen molar-refractivity contribution >= 4 is 17.1 Å². The normalized spacial score (nSPS) is 15.4. The highest BCUT2D eigenvalue weighted by atomic mass is 16.2. The van der Waals surface area contributed by atoms with E-state index in [9.17, 15) is 9.59 Å². The van der Waals surface area contributed by atoms with Crippen molar-refractivity contribution in [3.63, 3.8) is 0 Å². The van der Waals surface area contributed by atoms with Gasteiger partial charge in [0.1, 0.15) is 26.2 Å². The van der Waals surface area contributed by atoms with Crippen molar-refractivity contribution in [3.8, 4) is 0 Å². The van der Waals surface area contributed by atoms with Crippen LogP contribution >= 0.6 is 0 Å². The number of aromatic nitrogens is 4. The third kappa shape index (κ3) is 3.47. The van der Waals surface area contributed by atoms with Crippen LogP contribution in [0.5, 0.6) is 0 Å². The van der Waals surface area contributed by atoms with Gasteiger partial charge in [-0.1, -0.05) is 30.3 Å². The quantitative estimate of drug-likeness (QED) is 0.484. The lowest BCUT2D eigenvalue weighted by Gasteiger charge is -2.26. The Morgan fingerprint density at radius 3 is 2.54 bits per heavy atom. The minimum atomic E-state index is -0.399. The van der Waals surface area contributed by atoms with Crippen LogP contribution in [0, 0.1) is 0 Å². The number of aryl methyl sites for hydroxylation is 3. The van der Waals surface area contributed by atoms with E-state index in [4.69, 9.17) is 0 Å². The summed E-state index contributed by atoms with van der Waals surface area (Å²) in [5.41, 5.74) is 1.67. The highest BCUT2D eigenvalue weighted by molar-refractivity contribution is 5.67. The number of benzene rings is 1. The van der Waals surface area contributed by atoms with E-state index in [0.29, 0.717) is 17.7 Å². The lowest BCUT2D eigenvalue weighted by atomic mass is 10.1. The predicted molar refractivity (Wildman–Crippen MR) is 108 cm³/mol. The number of imidazole rings is 1. The van der Waals surface area contributed by atoms with Gasteiger partial charge in [-0.15, -0.1) is 0 Å². The van der Waals surface area contributed by atoms with Gasteiger partial charge in [-0.3, -0.25) is 19.2 Å². The maximum absolute atomic E-state index is 12.6. The molecule has 2 aromatic heterocycles. The summed E-state index contributed by atoms with van der Waals surface area (Å²) in [6.45, 7) is 4.65. The third-order valence-corrected chi connectivity index (χ3v) is 5.66. The molecule has 0 aliphatic carbocycles. The molecule has 0 atom stereocenters. The monoisotopic (exact) mass is 384 g/mol. The summed E-state index contributed by atoms with van der Waals surface area (Å²) in [4.78, 5) is 34.3. The number of hydrogen-bond acceptors (Lipinski definition) is 3. The Morgan fingerprint density at radius 2 is 1.82 bits per heavy atom. The van der Waals surface area contributed by atoms with Crippen LogP contribution in [0.1, 0.15) is 12.0 Å². The minimum absolute atomic E-state index is 0.333. The first-order valence-electron chi connectivity index (χ1n) is 9.89. The third-order valence-electron chi connectivity index (χ3n) is 5.66. The van der Waals surface area contributed by atoms with Crippen molar-refractivity contribution < 1.29 is 9.47 Å². The molecule has 3 N–H and O–H groups in total. The Balaban J connectivity index is 1.71. The molecule has 0 amide bonds. The number of quaternary nitrogens is 1. The van der Waals surface area contributed by atoms with Crippen LogP contribution in [0.25, 0.3) is 11.2 Å². The summed E-state index contributed by atoms with van der Waals surface area (Å²) in [5, 5.41) is 0. The molecule has 0 spiro atoms. The van der Waals surface area contributed by atoms with E-state index in [1.54, 1.807) is 7.05 Å². The second-order valence-corrected chi connectivity index (χ2v) is 7.65. The van der Waals surface area contributed by atoms with Crippen LogP contribution in [0.3, 0.4) is 0 Å². The van der Waals surface area contributed by atoms with E-state index < -0.39 is 5.69 Å². The predicted octanol–water partition coefficient (Wildman–Crippen LogP) is -1.19. The molecule has 3 aromatic rings. The molecule has 28 heavy (non-hydrogen) atoms. The van der Waals surface area contributed by atoms with Crippen LogP contribution in [0.15, 0.2) is 39.9 Å². The number of fused-ring (bicyclic) bond motifs is 1. The zero-order valence-electron chi connectivity index (χ0n) is 16.5. The Bertz CT molecular complexity index is 1070. The van der Waals surface area contributed by atoms with Crippen LogP contribution in [0.4, 0.5) is 5.95 Å². The number of aromatic amines is 2. The molecule has 1 aliphatic rings. The van der Waals surface area contributed by atoms with Gasteiger partial charge in [0, 0.05) is 7.05 Å². The molecule has 1 aliphatic heterocycles. The number of piperazine rings is 1. The smallest absolute Gasteiger partial charge is 0.332 e. The second-order valence-electron chi connectivity index (χ2n) is 7.65. The number of rotatable bonds is 5. The second kappa shape index (κ2) is 7.63. The fourth-order valence-electron chi connectivity index (χ4n) is 3.93. The Labute approximate surface area is 163 Å². The number of anilines is 1. The first kappa shape index (κ1) is 18.5. The summed E-state index contributed by atoms with van der Waals surface area (Å²) in [6.07, 6.45) is 1.85. The van der Waals surface area contributed by atoms with Crippen molar-refractivity contribution in [2.45, 2.75) is 19.4 Å². The summed E-state index contributed by atoms with van der Waals surface area (Å²) in [5.74, 6) is 0.919. The van der Waals surface area contributed by atoms with Gasteiger partial charge in [0.25, 0.3) is 5.56 Å². The molecule has 148 valence electrons. The Hall–Kier alpha value is -2.87. The minimum Gasteiger partial charge on any atom is -0.332 e. The topological polar surface area (TPSA) is 82.2 Å². The van der Waals surface area contributed by atoms with Crippen molar-refractivity contribution in [2.75, 3.05) is 38.1 Å². The maximum Gasteiger partial charge on any atom is 0.360 e. The molecule has 1 aromatic carbocycles. The average molecular weight is 384 g/mol. The van der Waals surface area contributed by atoms with Gasteiger partial charge < -0.3 is 4.90 Å². The zero-order chi connectivity index (χ0) is 19.7. The van der Waals surface area contributed by atoms with E-state index in [2.05, 4.69) is 38.6 Å². The molecule has 1 fully saturated rings. The molecule has 4 rings (SSSR count). The molecule has 0 radical (unpaired) electrons. The van der Waals surface area contributed by atoms with E-state index in [0.717, 1.165) is 45.0 Å². The molecule has 0 bridgehead atoms. The number of H-pyrrole nitrogens is 2. The maximum atomic E-state index is 12.6. The van der Waals surface area contributed by atoms with Crippen molar-refractivity contribution in [2.24, 2.45) is 7.05 Å². The van der Waals surface area contributed by atoms with Gasteiger partial charge in [0.2, 0.25) is 11.2 Å². The van der Waals surface area contributed by atoms with Crippen LogP contribution < -0.4 is 25.6 Å². The number of hydrogen-bond donors (Lipinski definition) is 3. The molecule has 8 heteroatoms. The van der Waals surface area contributed by atoms with Gasteiger partial charge >= 0.3 is 11.6 Å².